The number of aromatic nitrogens is 2. The van der Waals surface area contributed by atoms with Crippen LogP contribution in [0.5, 0.6) is 0 Å². The first-order chi connectivity index (χ1) is 23.7. The lowest BCUT2D eigenvalue weighted by atomic mass is 9.75. The number of para-hydroxylation sites is 1. The van der Waals surface area contributed by atoms with Crippen molar-refractivity contribution < 1.29 is 22.0 Å². The van der Waals surface area contributed by atoms with Crippen LogP contribution in [0.1, 0.15) is 33.4 Å². The Morgan fingerprint density at radius 2 is 1.22 bits per heavy atom. The van der Waals surface area contributed by atoms with Gasteiger partial charge in [-0.25, -0.2) is 8.78 Å². The Bertz CT molecular complexity index is 2170. The molecule has 1 unspecified atom stereocenters. The van der Waals surface area contributed by atoms with E-state index in [1.54, 1.807) is 61.2 Å². The maximum atomic E-state index is 15.2. The molecule has 49 heavy (non-hydrogen) atoms. The zero-order valence-electron chi connectivity index (χ0n) is 25.5. The number of rotatable bonds is 6. The van der Waals surface area contributed by atoms with Gasteiger partial charge in [-0.15, -0.1) is 0 Å². The number of anilines is 1. The summed E-state index contributed by atoms with van der Waals surface area (Å²) < 4.78 is 71.3. The summed E-state index contributed by atoms with van der Waals surface area (Å²) in [6.45, 7) is 0. The number of alkyl halides is 4. The highest BCUT2D eigenvalue weighted by molar-refractivity contribution is 6.40. The molecule has 0 aliphatic carbocycles. The highest BCUT2D eigenvalue weighted by Crippen LogP contribution is 2.60. The maximum absolute atomic E-state index is 15.2. The van der Waals surface area contributed by atoms with Gasteiger partial charge in [-0.2, -0.15) is 13.2 Å². The summed E-state index contributed by atoms with van der Waals surface area (Å²) in [6, 6.07) is 32.9. The Morgan fingerprint density at radius 3 is 1.84 bits per heavy atom. The molecule has 1 atom stereocenters. The molecule has 4 aromatic carbocycles. The van der Waals surface area contributed by atoms with Crippen molar-refractivity contribution >= 4 is 39.7 Å². The van der Waals surface area contributed by atoms with Gasteiger partial charge in [-0.3, -0.25) is 9.97 Å². The van der Waals surface area contributed by atoms with Gasteiger partial charge in [0.2, 0.25) is 0 Å². The average Bonchev–Trinajstić information content (AvgIpc) is 3.12. The Morgan fingerprint density at radius 1 is 0.571 bits per heavy atom. The summed E-state index contributed by atoms with van der Waals surface area (Å²) >= 11 is 8.15. The lowest BCUT2D eigenvalue weighted by Crippen LogP contribution is -2.45. The monoisotopic (exact) mass is 677 g/mol. The van der Waals surface area contributed by atoms with Gasteiger partial charge in [0.1, 0.15) is 11.6 Å². The molecule has 6 aromatic rings. The Hall–Kier alpha value is -5.60. The van der Waals surface area contributed by atoms with E-state index in [-0.39, 0.29) is 0 Å². The fourth-order valence-corrected chi connectivity index (χ4v) is 6.77. The Kier molecular flexibility index (Phi) is 8.34. The van der Waals surface area contributed by atoms with E-state index in [0.29, 0.717) is 55.9 Å². The fraction of sp³-hybridized carbons (Fsp3) is 0.0500. The van der Waals surface area contributed by atoms with Crippen molar-refractivity contribution in [2.75, 3.05) is 4.90 Å². The summed E-state index contributed by atoms with van der Waals surface area (Å²) in [7, 11) is 0. The van der Waals surface area contributed by atoms with Gasteiger partial charge in [0.15, 0.2) is 5.00 Å². The zero-order chi connectivity index (χ0) is 34.2. The van der Waals surface area contributed by atoms with Crippen LogP contribution in [-0.4, -0.2) is 9.97 Å². The van der Waals surface area contributed by atoms with Gasteiger partial charge in [-0.05, 0) is 95.1 Å². The van der Waals surface area contributed by atoms with Crippen molar-refractivity contribution in [1.29, 1.82) is 0 Å². The van der Waals surface area contributed by atoms with Crippen molar-refractivity contribution in [3.63, 3.8) is 0 Å². The molecule has 2 aromatic heterocycles. The molecule has 0 saturated carbocycles. The fourth-order valence-electron chi connectivity index (χ4n) is 6.27. The molecule has 0 spiro atoms. The molecule has 9 heteroatoms. The van der Waals surface area contributed by atoms with Crippen LogP contribution in [-0.2, 0) is 11.2 Å². The molecule has 0 radical (unpaired) electrons. The van der Waals surface area contributed by atoms with Crippen LogP contribution < -0.4 is 4.90 Å². The van der Waals surface area contributed by atoms with Gasteiger partial charge in [0.25, 0.3) is 0 Å². The second-order valence-electron chi connectivity index (χ2n) is 11.3. The van der Waals surface area contributed by atoms with E-state index in [0.717, 1.165) is 12.1 Å². The first kappa shape index (κ1) is 32.0. The third-order valence-electron chi connectivity index (χ3n) is 8.34. The van der Waals surface area contributed by atoms with Gasteiger partial charge in [-0.1, -0.05) is 66.2 Å². The molecule has 3 heterocycles. The second kappa shape index (κ2) is 12.8. The molecule has 0 saturated heterocycles. The molecule has 3 nitrogen and oxygen atoms in total. The van der Waals surface area contributed by atoms with E-state index in [2.05, 4.69) is 9.97 Å². The molecule has 0 fully saturated rings. The molecule has 7 rings (SSSR count). The first-order valence-corrected chi connectivity index (χ1v) is 15.6. The third-order valence-corrected chi connectivity index (χ3v) is 8.92. The largest absolute Gasteiger partial charge is 0.416 e. The van der Waals surface area contributed by atoms with Crippen molar-refractivity contribution in [2.24, 2.45) is 0 Å². The molecule has 242 valence electrons. The van der Waals surface area contributed by atoms with Gasteiger partial charge in [0.05, 0.1) is 11.3 Å². The summed E-state index contributed by atoms with van der Waals surface area (Å²) in [6.07, 6.45) is 1.88. The number of nitrogens with zero attached hydrogens (tertiary/aromatic N) is 3. The third kappa shape index (κ3) is 5.89. The second-order valence-corrected chi connectivity index (χ2v) is 11.9. The lowest BCUT2D eigenvalue weighted by molar-refractivity contribution is -0.137. The van der Waals surface area contributed by atoms with Crippen LogP contribution in [0.3, 0.4) is 0 Å². The number of allylic oxidation sites excluding steroid dienone is 2. The Balaban J connectivity index is 1.74. The zero-order valence-corrected chi connectivity index (χ0v) is 26.3. The molecule has 1 aliphatic heterocycles. The minimum Gasteiger partial charge on any atom is -0.313 e. The van der Waals surface area contributed by atoms with Crippen LogP contribution in [0, 0.1) is 11.6 Å². The minimum absolute atomic E-state index is 0.382. The quantitative estimate of drug-likeness (QED) is 0.0998. The number of pyridine rings is 2. The predicted octanol–water partition coefficient (Wildman–Crippen LogP) is 10.9. The number of hydrogen-bond donors (Lipinski definition) is 0. The van der Waals surface area contributed by atoms with Crippen LogP contribution in [0.25, 0.3) is 22.4 Å². The molecular weight excluding hydrogens is 653 g/mol. The highest BCUT2D eigenvalue weighted by atomic mass is 35.5. The van der Waals surface area contributed by atoms with E-state index >= 15 is 4.39 Å². The normalized spacial score (nSPS) is 16.7. The minimum atomic E-state index is -4.58. The van der Waals surface area contributed by atoms with Crippen molar-refractivity contribution in [2.45, 2.75) is 11.2 Å². The maximum Gasteiger partial charge on any atom is 0.416 e. The van der Waals surface area contributed by atoms with Crippen molar-refractivity contribution in [3.05, 3.63) is 197 Å². The van der Waals surface area contributed by atoms with Gasteiger partial charge < -0.3 is 4.90 Å². The van der Waals surface area contributed by atoms with Gasteiger partial charge >= 0.3 is 6.18 Å². The van der Waals surface area contributed by atoms with E-state index in [9.17, 15) is 17.6 Å². The number of benzene rings is 4. The van der Waals surface area contributed by atoms with Crippen LogP contribution in [0.2, 0.25) is 0 Å². The summed E-state index contributed by atoms with van der Waals surface area (Å²) in [5.41, 5.74) is 4.00. The van der Waals surface area contributed by atoms with Gasteiger partial charge in [0, 0.05) is 52.7 Å². The van der Waals surface area contributed by atoms with Crippen LogP contribution in [0.15, 0.2) is 152 Å². The highest BCUT2D eigenvalue weighted by Gasteiger charge is 2.50. The SMILES string of the molecule is Fc1ccc(C2=C(c3cccc(F)c3)C(c3ccc(C(F)(F)F)cc3)=C(c3cccnc3)C(Cl)(c3cccnc3)N2c2ccccc2)cc1. The molecular formula is C40H25ClF5N3. The van der Waals surface area contributed by atoms with Crippen LogP contribution >= 0.6 is 11.6 Å². The molecule has 1 aliphatic rings. The average molecular weight is 678 g/mol. The van der Waals surface area contributed by atoms with E-state index in [1.807, 2.05) is 47.4 Å². The molecule has 0 bridgehead atoms. The van der Waals surface area contributed by atoms with Crippen molar-refractivity contribution in [1.82, 2.24) is 9.97 Å². The number of hydrogen-bond acceptors (Lipinski definition) is 3. The van der Waals surface area contributed by atoms with Crippen molar-refractivity contribution in [3.8, 4) is 0 Å². The first-order valence-electron chi connectivity index (χ1n) is 15.2. The predicted molar refractivity (Wildman–Crippen MR) is 183 cm³/mol. The molecule has 0 amide bonds. The summed E-state index contributed by atoms with van der Waals surface area (Å²) in [5.74, 6) is -1.00. The number of halogens is 6. The van der Waals surface area contributed by atoms with E-state index in [1.165, 1.54) is 36.4 Å². The summed E-state index contributed by atoms with van der Waals surface area (Å²) in [5, 5.41) is 0. The Labute approximate surface area is 284 Å². The smallest absolute Gasteiger partial charge is 0.313 e. The topological polar surface area (TPSA) is 29.0 Å². The van der Waals surface area contributed by atoms with Crippen LogP contribution in [0.4, 0.5) is 27.6 Å². The standard InChI is InChI=1S/C40H25ClF5N3/c41-39(31-9-6-22-48-25-31)37(29-8-5-21-47-24-29)35(26-13-17-30(18-14-26)40(44,45)46)36(28-7-4-10-33(43)23-28)38(27-15-19-32(42)20-16-27)49(39)34-11-2-1-3-12-34/h1-25H. The lowest BCUT2D eigenvalue weighted by Gasteiger charge is -2.49. The molecule has 0 N–H and O–H groups in total. The summed E-state index contributed by atoms with van der Waals surface area (Å²) in [4.78, 5) is 9.05. The van der Waals surface area contributed by atoms with E-state index in [4.69, 9.17) is 11.6 Å². The van der Waals surface area contributed by atoms with E-state index < -0.39 is 28.4 Å².